The van der Waals surface area contributed by atoms with Gasteiger partial charge in [0.15, 0.2) is 0 Å². The number of carbonyl (C=O) groups is 1. The molecule has 0 unspecified atom stereocenters. The van der Waals surface area contributed by atoms with Gasteiger partial charge in [0, 0.05) is 32.1 Å². The van der Waals surface area contributed by atoms with Crippen LogP contribution in [0.3, 0.4) is 0 Å². The molecule has 2 N–H and O–H groups in total. The average Bonchev–Trinajstić information content (AvgIpc) is 2.41. The molecule has 6 heteroatoms. The first-order valence-electron chi connectivity index (χ1n) is 7.45. The summed E-state index contributed by atoms with van der Waals surface area (Å²) in [7, 11) is 1.84. The van der Waals surface area contributed by atoms with E-state index in [0.717, 1.165) is 36.6 Å². The molecule has 116 valence electrons. The number of carbonyl (C=O) groups excluding carboxylic acids is 1. The van der Waals surface area contributed by atoms with Crippen molar-refractivity contribution < 1.29 is 4.79 Å². The number of rotatable bonds is 3. The van der Waals surface area contributed by atoms with Gasteiger partial charge >= 0.3 is 0 Å². The minimum Gasteiger partial charge on any atom is -0.383 e. The molecule has 1 aromatic heterocycles. The van der Waals surface area contributed by atoms with Crippen molar-refractivity contribution in [3.63, 3.8) is 0 Å². The maximum atomic E-state index is 12.4. The zero-order valence-corrected chi connectivity index (χ0v) is 13.6. The van der Waals surface area contributed by atoms with Gasteiger partial charge in [0.1, 0.15) is 23.0 Å². The lowest BCUT2D eigenvalue weighted by atomic mass is 9.97. The fraction of sp³-hybridized carbons (Fsp3) is 0.667. The second-order valence-electron chi connectivity index (χ2n) is 6.16. The molecule has 0 aromatic carbocycles. The summed E-state index contributed by atoms with van der Waals surface area (Å²) in [6.07, 6.45) is 1.76. The van der Waals surface area contributed by atoms with Crippen molar-refractivity contribution in [3.05, 3.63) is 11.4 Å². The maximum Gasteiger partial charge on any atom is 0.247 e. The Hall–Kier alpha value is -1.85. The number of nitrogens with two attached hydrogens (primary N) is 1. The van der Waals surface area contributed by atoms with Crippen molar-refractivity contribution in [2.24, 2.45) is 0 Å². The number of nitrogen functional groups attached to an aromatic ring is 1. The number of aryl methyl sites for hydroxylation is 1. The summed E-state index contributed by atoms with van der Waals surface area (Å²) in [5.74, 6) is 2.14. The molecule has 2 rings (SSSR count). The first kappa shape index (κ1) is 15.5. The van der Waals surface area contributed by atoms with Crippen LogP contribution in [0.4, 0.5) is 11.6 Å². The fourth-order valence-electron chi connectivity index (χ4n) is 2.75. The molecule has 1 fully saturated rings. The highest BCUT2D eigenvalue weighted by Crippen LogP contribution is 2.31. The largest absolute Gasteiger partial charge is 0.383 e. The second-order valence-corrected chi connectivity index (χ2v) is 6.16. The van der Waals surface area contributed by atoms with E-state index in [2.05, 4.69) is 21.8 Å². The smallest absolute Gasteiger partial charge is 0.247 e. The predicted molar refractivity (Wildman–Crippen MR) is 84.2 cm³/mol. The maximum absolute atomic E-state index is 12.4. The van der Waals surface area contributed by atoms with E-state index in [-0.39, 0.29) is 5.91 Å². The van der Waals surface area contributed by atoms with Crippen LogP contribution in [0.1, 0.15) is 38.6 Å². The van der Waals surface area contributed by atoms with E-state index in [4.69, 9.17) is 5.73 Å². The number of piperazine rings is 1. The van der Waals surface area contributed by atoms with E-state index >= 15 is 0 Å². The Kier molecular flexibility index (Phi) is 4.07. The van der Waals surface area contributed by atoms with Crippen molar-refractivity contribution in [1.82, 2.24) is 14.9 Å². The molecular weight excluding hydrogens is 266 g/mol. The lowest BCUT2D eigenvalue weighted by Gasteiger charge is -2.46. The van der Waals surface area contributed by atoms with Crippen LogP contribution in [0.2, 0.25) is 0 Å². The van der Waals surface area contributed by atoms with Crippen LogP contribution in [0.25, 0.3) is 0 Å². The third-order valence-corrected chi connectivity index (χ3v) is 4.14. The van der Waals surface area contributed by atoms with Crippen LogP contribution in [-0.2, 0) is 11.2 Å². The summed E-state index contributed by atoms with van der Waals surface area (Å²) in [4.78, 5) is 25.3. The highest BCUT2D eigenvalue weighted by Gasteiger charge is 2.42. The number of nitrogens with zero attached hydrogens (tertiary/aromatic N) is 4. The summed E-state index contributed by atoms with van der Waals surface area (Å²) < 4.78 is 0. The van der Waals surface area contributed by atoms with Gasteiger partial charge in [-0.15, -0.1) is 0 Å². The molecule has 6 nitrogen and oxygen atoms in total. The van der Waals surface area contributed by atoms with E-state index in [1.807, 2.05) is 27.8 Å². The second kappa shape index (κ2) is 5.50. The topological polar surface area (TPSA) is 75.3 Å². The summed E-state index contributed by atoms with van der Waals surface area (Å²) in [6, 6.07) is 0. The molecule has 2 heterocycles. The molecule has 21 heavy (non-hydrogen) atoms. The summed E-state index contributed by atoms with van der Waals surface area (Å²) in [5.41, 5.74) is 6.26. The third kappa shape index (κ3) is 2.66. The summed E-state index contributed by atoms with van der Waals surface area (Å²) >= 11 is 0. The Morgan fingerprint density at radius 2 is 1.95 bits per heavy atom. The summed E-state index contributed by atoms with van der Waals surface area (Å²) in [5, 5.41) is 0. The minimum absolute atomic E-state index is 0.0994. The normalized spacial score (nSPS) is 18.2. The van der Waals surface area contributed by atoms with Crippen molar-refractivity contribution in [3.8, 4) is 0 Å². The predicted octanol–water partition coefficient (Wildman–Crippen LogP) is 1.38. The number of hydrogen-bond acceptors (Lipinski definition) is 5. The lowest BCUT2D eigenvalue weighted by Crippen LogP contribution is -2.62. The highest BCUT2D eigenvalue weighted by atomic mass is 16.2. The Balaban J connectivity index is 2.47. The van der Waals surface area contributed by atoms with E-state index in [1.54, 1.807) is 4.90 Å². The fourth-order valence-corrected chi connectivity index (χ4v) is 2.75. The van der Waals surface area contributed by atoms with E-state index in [9.17, 15) is 4.79 Å². The molecule has 1 saturated heterocycles. The van der Waals surface area contributed by atoms with E-state index < -0.39 is 5.54 Å². The van der Waals surface area contributed by atoms with Gasteiger partial charge in [-0.25, -0.2) is 9.97 Å². The van der Waals surface area contributed by atoms with E-state index in [0.29, 0.717) is 12.4 Å². The molecule has 1 aliphatic heterocycles. The zero-order valence-electron chi connectivity index (χ0n) is 13.6. The van der Waals surface area contributed by atoms with Gasteiger partial charge < -0.3 is 15.5 Å². The van der Waals surface area contributed by atoms with Gasteiger partial charge in [-0.3, -0.25) is 4.79 Å². The standard InChI is InChI=1S/C15H25N5O/c1-6-7-11-17-12(16)10(2)13(18-11)20-9-8-19(5)14(21)15(20,3)4/h6-9H2,1-5H3,(H2,16,17,18). The molecule has 1 amide bonds. The Labute approximate surface area is 126 Å². The number of anilines is 2. The molecule has 0 bridgehead atoms. The molecule has 0 atom stereocenters. The Bertz CT molecular complexity index is 555. The molecule has 0 radical (unpaired) electrons. The molecule has 1 aromatic rings. The number of amides is 1. The Morgan fingerprint density at radius 3 is 2.57 bits per heavy atom. The number of aromatic nitrogens is 2. The van der Waals surface area contributed by atoms with Gasteiger partial charge in [0.05, 0.1) is 0 Å². The van der Waals surface area contributed by atoms with Crippen molar-refractivity contribution >= 4 is 17.5 Å². The van der Waals surface area contributed by atoms with Gasteiger partial charge in [0.2, 0.25) is 5.91 Å². The van der Waals surface area contributed by atoms with Crippen LogP contribution >= 0.6 is 0 Å². The van der Waals surface area contributed by atoms with Crippen molar-refractivity contribution in [2.45, 2.75) is 46.1 Å². The van der Waals surface area contributed by atoms with Crippen LogP contribution in [0.5, 0.6) is 0 Å². The molecule has 0 saturated carbocycles. The molecule has 1 aliphatic rings. The zero-order chi connectivity index (χ0) is 15.8. The van der Waals surface area contributed by atoms with E-state index in [1.165, 1.54) is 0 Å². The third-order valence-electron chi connectivity index (χ3n) is 4.14. The van der Waals surface area contributed by atoms with Crippen LogP contribution in [0.15, 0.2) is 0 Å². The minimum atomic E-state index is -0.623. The van der Waals surface area contributed by atoms with Gasteiger partial charge in [-0.05, 0) is 27.2 Å². The van der Waals surface area contributed by atoms with Crippen molar-refractivity contribution in [2.75, 3.05) is 30.8 Å². The summed E-state index contributed by atoms with van der Waals surface area (Å²) in [6.45, 7) is 9.30. The SMILES string of the molecule is CCCc1nc(N)c(C)c(N2CCN(C)C(=O)C2(C)C)n1. The molecular formula is C15H25N5O. The van der Waals surface area contributed by atoms with Crippen LogP contribution < -0.4 is 10.6 Å². The van der Waals surface area contributed by atoms with Gasteiger partial charge in [-0.1, -0.05) is 6.92 Å². The van der Waals surface area contributed by atoms with Gasteiger partial charge in [0.25, 0.3) is 0 Å². The first-order chi connectivity index (χ1) is 9.78. The monoisotopic (exact) mass is 291 g/mol. The van der Waals surface area contributed by atoms with Gasteiger partial charge in [-0.2, -0.15) is 0 Å². The van der Waals surface area contributed by atoms with Crippen LogP contribution in [-0.4, -0.2) is 46.5 Å². The quantitative estimate of drug-likeness (QED) is 0.910. The van der Waals surface area contributed by atoms with Crippen molar-refractivity contribution in [1.29, 1.82) is 0 Å². The average molecular weight is 291 g/mol. The van der Waals surface area contributed by atoms with Crippen LogP contribution in [0, 0.1) is 6.92 Å². The Morgan fingerprint density at radius 1 is 1.29 bits per heavy atom. The molecule has 0 aliphatic carbocycles. The number of likely N-dealkylation sites (N-methyl/N-ethyl adjacent to an activating group) is 1. The lowest BCUT2D eigenvalue weighted by molar-refractivity contribution is -0.136. The highest BCUT2D eigenvalue weighted by molar-refractivity contribution is 5.90. The first-order valence-corrected chi connectivity index (χ1v) is 7.45. The molecule has 0 spiro atoms. The number of hydrogen-bond donors (Lipinski definition) is 1.